The van der Waals surface area contributed by atoms with Gasteiger partial charge in [0.15, 0.2) is 5.11 Å². The van der Waals surface area contributed by atoms with E-state index in [0.29, 0.717) is 22.1 Å². The number of anilines is 1. The van der Waals surface area contributed by atoms with Crippen LogP contribution in [0, 0.1) is 0 Å². The van der Waals surface area contributed by atoms with Gasteiger partial charge in [-0.3, -0.25) is 10.4 Å². The number of carbonyl (C=O) groups excluding carboxylic acids is 1. The maximum atomic E-state index is 11.7. The number of thiocarbonyl (C=S) groups is 1. The molecular formula is C15H15ClN6OS. The Morgan fingerprint density at radius 2 is 1.92 bits per heavy atom. The Morgan fingerprint density at radius 1 is 1.17 bits per heavy atom. The Labute approximate surface area is 149 Å². The lowest BCUT2D eigenvalue weighted by molar-refractivity contribution is 0.239. The number of amides is 2. The fraction of sp³-hybridized carbons (Fsp3) is 0.0667. The lowest BCUT2D eigenvalue weighted by Crippen LogP contribution is -2.47. The van der Waals surface area contributed by atoms with Gasteiger partial charge in [-0.15, -0.1) is 0 Å². The number of hydrazine groups is 1. The molecule has 9 heteroatoms. The zero-order chi connectivity index (χ0) is 17.4. The fourth-order valence-electron chi connectivity index (χ4n) is 1.63. The van der Waals surface area contributed by atoms with Crippen molar-refractivity contribution in [1.82, 2.24) is 21.3 Å². The largest absolute Gasteiger partial charge is 0.353 e. The Kier molecular flexibility index (Phi) is 6.47. The summed E-state index contributed by atoms with van der Waals surface area (Å²) in [6.07, 6.45) is 1.65. The summed E-state index contributed by atoms with van der Waals surface area (Å²) in [4.78, 5) is 15.8. The number of nitrogens with one attached hydrogen (secondary N) is 4. The fourth-order valence-corrected chi connectivity index (χ4v) is 1.97. The molecule has 24 heavy (non-hydrogen) atoms. The summed E-state index contributed by atoms with van der Waals surface area (Å²) < 4.78 is 0. The molecule has 0 fully saturated rings. The van der Waals surface area contributed by atoms with Crippen LogP contribution in [-0.4, -0.2) is 21.8 Å². The Balaban J connectivity index is 1.79. The van der Waals surface area contributed by atoms with Crippen molar-refractivity contribution in [2.24, 2.45) is 5.10 Å². The molecule has 124 valence electrons. The van der Waals surface area contributed by atoms with Crippen LogP contribution in [0.15, 0.2) is 53.8 Å². The Bertz CT molecular complexity index is 753. The predicted octanol–water partition coefficient (Wildman–Crippen LogP) is 2.66. The molecule has 0 bridgehead atoms. The van der Waals surface area contributed by atoms with Gasteiger partial charge in [0.05, 0.1) is 22.1 Å². The average Bonchev–Trinajstić information content (AvgIpc) is 2.60. The van der Waals surface area contributed by atoms with E-state index in [2.05, 4.69) is 31.7 Å². The number of rotatable bonds is 3. The molecule has 4 N–H and O–H groups in total. The number of para-hydroxylation sites is 1. The molecule has 0 spiro atoms. The molecule has 0 atom stereocenters. The van der Waals surface area contributed by atoms with Crippen molar-refractivity contribution in [3.63, 3.8) is 0 Å². The van der Waals surface area contributed by atoms with Crippen LogP contribution in [0.25, 0.3) is 0 Å². The smallest absolute Gasteiger partial charge is 0.330 e. The highest BCUT2D eigenvalue weighted by Gasteiger charge is 2.04. The second-order valence-corrected chi connectivity index (χ2v) is 5.35. The molecule has 0 aliphatic rings. The minimum absolute atomic E-state index is 0.184. The van der Waals surface area contributed by atoms with Crippen molar-refractivity contribution in [3.05, 3.63) is 59.4 Å². The highest BCUT2D eigenvalue weighted by Crippen LogP contribution is 2.19. The van der Waals surface area contributed by atoms with Gasteiger partial charge in [0.1, 0.15) is 0 Å². The third-order valence-electron chi connectivity index (χ3n) is 2.77. The number of hydrogen-bond acceptors (Lipinski definition) is 4. The first kappa shape index (κ1) is 17.6. The van der Waals surface area contributed by atoms with Gasteiger partial charge in [-0.2, -0.15) is 5.10 Å². The van der Waals surface area contributed by atoms with E-state index in [0.717, 1.165) is 0 Å². The summed E-state index contributed by atoms with van der Waals surface area (Å²) in [5, 5.41) is 7.49. The monoisotopic (exact) mass is 362 g/mol. The second-order valence-electron chi connectivity index (χ2n) is 4.54. The predicted molar refractivity (Wildman–Crippen MR) is 98.9 cm³/mol. The normalized spacial score (nSPS) is 10.7. The van der Waals surface area contributed by atoms with Gasteiger partial charge >= 0.3 is 6.03 Å². The van der Waals surface area contributed by atoms with Crippen LogP contribution in [0.5, 0.6) is 0 Å². The molecule has 1 heterocycles. The molecule has 1 aromatic carbocycles. The van der Waals surface area contributed by atoms with E-state index in [1.807, 2.05) is 12.1 Å². The third-order valence-corrected chi connectivity index (χ3v) is 3.31. The van der Waals surface area contributed by atoms with Gasteiger partial charge in [0.2, 0.25) is 0 Å². The summed E-state index contributed by atoms with van der Waals surface area (Å²) >= 11 is 11.1. The lowest BCUT2D eigenvalue weighted by atomic mass is 10.3. The first-order valence-electron chi connectivity index (χ1n) is 6.89. The summed E-state index contributed by atoms with van der Waals surface area (Å²) in [5.74, 6) is 0. The number of hydrazone groups is 1. The zero-order valence-corrected chi connectivity index (χ0v) is 14.3. The summed E-state index contributed by atoms with van der Waals surface area (Å²) in [7, 11) is 0. The first-order valence-corrected chi connectivity index (χ1v) is 7.68. The maximum Gasteiger partial charge on any atom is 0.353 e. The molecule has 0 aliphatic heterocycles. The van der Waals surface area contributed by atoms with Crippen LogP contribution >= 0.6 is 23.8 Å². The molecule has 0 radical (unpaired) electrons. The SMILES string of the molecule is C/C(=N\NC(=O)NNC(=S)Nc1ccccc1Cl)c1ccccn1. The number of halogens is 1. The first-order chi connectivity index (χ1) is 11.6. The van der Waals surface area contributed by atoms with Crippen LogP contribution in [-0.2, 0) is 0 Å². The number of aromatic nitrogens is 1. The molecule has 0 saturated carbocycles. The zero-order valence-electron chi connectivity index (χ0n) is 12.7. The second kappa shape index (κ2) is 8.80. The Morgan fingerprint density at radius 3 is 2.62 bits per heavy atom. The number of urea groups is 1. The molecule has 0 aliphatic carbocycles. The summed E-state index contributed by atoms with van der Waals surface area (Å²) in [6, 6.07) is 11.9. The van der Waals surface area contributed by atoms with E-state index in [1.165, 1.54) is 0 Å². The quantitative estimate of drug-likeness (QED) is 0.383. The molecular weight excluding hydrogens is 348 g/mol. The van der Waals surface area contributed by atoms with Gasteiger partial charge in [-0.25, -0.2) is 15.6 Å². The van der Waals surface area contributed by atoms with Gasteiger partial charge in [0, 0.05) is 6.20 Å². The topological polar surface area (TPSA) is 90.4 Å². The number of hydrogen-bond donors (Lipinski definition) is 4. The summed E-state index contributed by atoms with van der Waals surface area (Å²) in [5.41, 5.74) is 9.09. The number of nitrogens with zero attached hydrogens (tertiary/aromatic N) is 2. The van der Waals surface area contributed by atoms with E-state index in [1.54, 1.807) is 43.5 Å². The third kappa shape index (κ3) is 5.49. The molecule has 2 amide bonds. The molecule has 1 aromatic heterocycles. The van der Waals surface area contributed by atoms with Gasteiger partial charge in [0.25, 0.3) is 0 Å². The molecule has 2 rings (SSSR count). The van der Waals surface area contributed by atoms with Crippen molar-refractivity contribution in [1.29, 1.82) is 0 Å². The van der Waals surface area contributed by atoms with E-state index in [9.17, 15) is 4.79 Å². The van der Waals surface area contributed by atoms with E-state index >= 15 is 0 Å². The highest BCUT2D eigenvalue weighted by molar-refractivity contribution is 7.80. The summed E-state index contributed by atoms with van der Waals surface area (Å²) in [6.45, 7) is 1.74. The van der Waals surface area contributed by atoms with Crippen molar-refractivity contribution >= 4 is 46.4 Å². The molecule has 7 nitrogen and oxygen atoms in total. The maximum absolute atomic E-state index is 11.7. The van der Waals surface area contributed by atoms with Crippen molar-refractivity contribution in [2.75, 3.05) is 5.32 Å². The molecule has 0 unspecified atom stereocenters. The number of carbonyl (C=O) groups is 1. The molecule has 0 saturated heterocycles. The van der Waals surface area contributed by atoms with Crippen LogP contribution in [0.1, 0.15) is 12.6 Å². The molecule has 2 aromatic rings. The van der Waals surface area contributed by atoms with Crippen LogP contribution in [0.3, 0.4) is 0 Å². The van der Waals surface area contributed by atoms with E-state index < -0.39 is 6.03 Å². The van der Waals surface area contributed by atoms with Crippen molar-refractivity contribution in [2.45, 2.75) is 6.92 Å². The number of benzene rings is 1. The minimum atomic E-state index is -0.575. The van der Waals surface area contributed by atoms with Gasteiger partial charge < -0.3 is 5.32 Å². The van der Waals surface area contributed by atoms with Gasteiger partial charge in [-0.05, 0) is 43.4 Å². The van der Waals surface area contributed by atoms with Crippen LogP contribution in [0.2, 0.25) is 5.02 Å². The van der Waals surface area contributed by atoms with Gasteiger partial charge in [-0.1, -0.05) is 29.8 Å². The van der Waals surface area contributed by atoms with Crippen LogP contribution < -0.4 is 21.6 Å². The van der Waals surface area contributed by atoms with E-state index in [4.69, 9.17) is 23.8 Å². The van der Waals surface area contributed by atoms with Crippen LogP contribution in [0.4, 0.5) is 10.5 Å². The lowest BCUT2D eigenvalue weighted by Gasteiger charge is -2.12. The minimum Gasteiger partial charge on any atom is -0.330 e. The standard InChI is InChI=1S/C15H15ClN6OS/c1-10(12-7-4-5-9-17-12)19-20-14(23)21-22-15(24)18-13-8-3-2-6-11(13)16/h2-9H,1H3,(H2,18,22,24)(H2,20,21,23)/b19-10+. The average molecular weight is 363 g/mol. The number of pyridine rings is 1. The Hall–Kier alpha value is -2.71. The van der Waals surface area contributed by atoms with Crippen molar-refractivity contribution in [3.8, 4) is 0 Å². The highest BCUT2D eigenvalue weighted by atomic mass is 35.5. The van der Waals surface area contributed by atoms with E-state index in [-0.39, 0.29) is 5.11 Å². The van der Waals surface area contributed by atoms with Crippen molar-refractivity contribution < 1.29 is 4.79 Å².